The van der Waals surface area contributed by atoms with Crippen LogP contribution in [0.4, 0.5) is 0 Å². The van der Waals surface area contributed by atoms with E-state index in [9.17, 15) is 0 Å². The topological polar surface area (TPSA) is 158 Å². The van der Waals surface area contributed by atoms with Gasteiger partial charge in [0, 0.05) is 64.1 Å². The molecule has 0 saturated carbocycles. The van der Waals surface area contributed by atoms with Gasteiger partial charge in [0.1, 0.15) is 0 Å². The van der Waals surface area contributed by atoms with Gasteiger partial charge >= 0.3 is 113 Å². The molecular weight excluding hydrogens is 778 g/mol. The molecule has 0 unspecified atom stereocenters. The van der Waals surface area contributed by atoms with Gasteiger partial charge in [0.15, 0.2) is 0 Å². The van der Waals surface area contributed by atoms with Gasteiger partial charge in [-0.2, -0.15) is 25.0 Å². The quantitative estimate of drug-likeness (QED) is 0.0775. The van der Waals surface area contributed by atoms with Gasteiger partial charge in [-0.1, -0.05) is 64.5 Å². The zero-order valence-corrected chi connectivity index (χ0v) is 46.0. The molecule has 64 heavy (non-hydrogen) atoms. The molecule has 0 fully saturated rings. The normalized spacial score (nSPS) is 10.8. The van der Waals surface area contributed by atoms with Crippen molar-refractivity contribution < 1.29 is 143 Å². The van der Waals surface area contributed by atoms with Gasteiger partial charge in [-0.15, -0.1) is 39.4 Å². The van der Waals surface area contributed by atoms with Crippen LogP contribution in [0.15, 0.2) is 75.3 Å². The number of allylic oxidation sites excluding steroid dienone is 2. The first kappa shape index (κ1) is 97.8. The van der Waals surface area contributed by atoms with E-state index in [1.807, 2.05) is 12.2 Å². The van der Waals surface area contributed by atoms with Crippen LogP contribution in [-0.4, -0.2) is 180 Å². The van der Waals surface area contributed by atoms with Crippen LogP contribution in [0, 0.1) is 0 Å². The van der Waals surface area contributed by atoms with E-state index in [-0.39, 0.29) is 113 Å². The van der Waals surface area contributed by atoms with E-state index < -0.39 is 0 Å². The summed E-state index contributed by atoms with van der Waals surface area (Å²) in [5.74, 6) is 1.60. The summed E-state index contributed by atoms with van der Waals surface area (Å²) in [6, 6.07) is 0. The van der Waals surface area contributed by atoms with E-state index in [0.717, 1.165) is 90.1 Å². The van der Waals surface area contributed by atoms with Crippen LogP contribution in [0.2, 0.25) is 0 Å². The fourth-order valence-corrected chi connectivity index (χ4v) is 3.64. The maximum atomic E-state index is 8.69. The average molecular weight is 871 g/mol. The van der Waals surface area contributed by atoms with Crippen LogP contribution in [0.3, 0.4) is 0 Å². The molecule has 0 aromatic carbocycles. The van der Waals surface area contributed by atoms with Crippen molar-refractivity contribution in [2.24, 2.45) is 0 Å². The molecule has 2 heterocycles. The molecular formula is C44H92Li6N8O6. The smallest absolute Gasteiger partial charge is 0.878 e. The summed E-state index contributed by atoms with van der Waals surface area (Å²) in [4.78, 5) is 13.6. The number of hydrogen-bond donors (Lipinski definition) is 0. The summed E-state index contributed by atoms with van der Waals surface area (Å²) >= 11 is 0. The maximum Gasteiger partial charge on any atom is 1.00 e. The first-order valence-electron chi connectivity index (χ1n) is 20.2. The van der Waals surface area contributed by atoms with Crippen molar-refractivity contribution in [2.75, 3.05) is 150 Å². The van der Waals surface area contributed by atoms with Crippen molar-refractivity contribution in [3.8, 4) is 0 Å². The number of hydrogen-bond acceptors (Lipinski definition) is 12. The Morgan fingerprint density at radius 1 is 0.469 bits per heavy atom. The minimum absolute atomic E-state index is 0. The van der Waals surface area contributed by atoms with E-state index >= 15 is 0 Å². The molecule has 0 bridgehead atoms. The third-order valence-electron chi connectivity index (χ3n) is 6.99. The fourth-order valence-electron chi connectivity index (χ4n) is 3.64. The Bertz CT molecular complexity index is 785. The average Bonchev–Trinajstić information content (AvgIpc) is 3.19. The maximum absolute atomic E-state index is 8.69. The molecule has 0 aliphatic carbocycles. The molecule has 0 spiro atoms. The van der Waals surface area contributed by atoms with Crippen molar-refractivity contribution >= 4 is 0 Å². The molecule has 2 rings (SSSR count). The van der Waals surface area contributed by atoms with Gasteiger partial charge in [-0.05, 0) is 83.3 Å². The van der Waals surface area contributed by atoms with E-state index in [2.05, 4.69) is 151 Å². The minimum Gasteiger partial charge on any atom is -0.878 e. The largest absolute Gasteiger partial charge is 1.00 e. The summed E-state index contributed by atoms with van der Waals surface area (Å²) in [5.41, 5.74) is 0. The molecule has 0 saturated heterocycles. The van der Waals surface area contributed by atoms with Crippen LogP contribution in [-0.2, 0) is 9.47 Å². The third-order valence-corrected chi connectivity index (χ3v) is 6.99. The number of nitrogens with zero attached hydrogens (tertiary/aromatic N) is 8. The Labute approximate surface area is 469 Å². The SMILES string of the molecule is C=C[O-].C=C[O-].C=C[O-].C=C[O-].CCCCCC.CN(C)CCN(C)CCN(C)C.CN(C)CCN(C)CCN(C)C.COC1=CCCC[N-]1.COC1=CCCC[N-]1.[Li+].[Li+].[Li+].[Li+].[Li+].[Li+]. The van der Waals surface area contributed by atoms with Crippen LogP contribution in [0.25, 0.3) is 10.6 Å². The summed E-state index contributed by atoms with van der Waals surface area (Å²) in [5, 5.41) is 43.0. The van der Waals surface area contributed by atoms with Gasteiger partial charge in [-0.3, -0.25) is 0 Å². The summed E-state index contributed by atoms with van der Waals surface area (Å²) in [6.45, 7) is 26.7. The Balaban J connectivity index is -0.0000000429. The molecule has 0 radical (unpaired) electrons. The van der Waals surface area contributed by atoms with E-state index in [4.69, 9.17) is 29.9 Å². The second kappa shape index (κ2) is 89.7. The van der Waals surface area contributed by atoms with E-state index in [1.165, 1.54) is 38.5 Å². The van der Waals surface area contributed by atoms with Crippen molar-refractivity contribution in [3.05, 3.63) is 85.9 Å². The van der Waals surface area contributed by atoms with Gasteiger partial charge in [-0.25, -0.2) is 0 Å². The number of rotatable bonds is 17. The molecule has 2 aliphatic heterocycles. The van der Waals surface area contributed by atoms with Crippen molar-refractivity contribution in [1.82, 2.24) is 29.4 Å². The van der Waals surface area contributed by atoms with Gasteiger partial charge in [0.05, 0.1) is 14.2 Å². The van der Waals surface area contributed by atoms with Crippen LogP contribution >= 0.6 is 0 Å². The monoisotopic (exact) mass is 871 g/mol. The van der Waals surface area contributed by atoms with Crippen molar-refractivity contribution in [3.63, 3.8) is 0 Å². The second-order valence-corrected chi connectivity index (χ2v) is 13.7. The second-order valence-electron chi connectivity index (χ2n) is 13.7. The number of unbranched alkanes of at least 4 members (excludes halogenated alkanes) is 3. The molecule has 0 atom stereocenters. The molecule has 0 aromatic heterocycles. The summed E-state index contributed by atoms with van der Waals surface area (Å²) < 4.78 is 9.77. The summed E-state index contributed by atoms with van der Waals surface area (Å²) in [7, 11) is 24.5. The first-order valence-corrected chi connectivity index (χ1v) is 20.2. The van der Waals surface area contributed by atoms with Crippen LogP contribution in [0.5, 0.6) is 0 Å². The van der Waals surface area contributed by atoms with Gasteiger partial charge in [0.2, 0.25) is 0 Å². The zero-order valence-electron chi connectivity index (χ0n) is 46.0. The Hall–Kier alpha value is 0.184. The van der Waals surface area contributed by atoms with Gasteiger partial charge in [0.25, 0.3) is 0 Å². The molecule has 2 aliphatic rings. The number of likely N-dealkylation sites (N-methyl/N-ethyl adjacent to an activating group) is 6. The Kier molecular flexibility index (Phi) is 137. The van der Waals surface area contributed by atoms with Crippen molar-refractivity contribution in [2.45, 2.75) is 65.2 Å². The third kappa shape index (κ3) is 125. The molecule has 0 aromatic rings. The Morgan fingerprint density at radius 2 is 0.672 bits per heavy atom. The van der Waals surface area contributed by atoms with Gasteiger partial charge < -0.3 is 69.9 Å². The standard InChI is InChI=1S/2C9H23N3.2C6H10NO.C6H14.4C2H4O.6Li/c2*1-10(2)6-8-12(5)9-7-11(3)4;2*1-8-6-4-2-3-5-7-6;1-3-5-6-4-2;4*1-2-3;;;;;;/h2*6-9H2,1-5H3;2*4H,2-3,5H2,1H3;3-6H2,1-2H3;4*2-3H,1H2;;;;;;/q;;2*-1;;;;;;6*+1/p-4. The summed E-state index contributed by atoms with van der Waals surface area (Å²) in [6.07, 6.45) is 16.2. The zero-order chi connectivity index (χ0) is 46.4. The van der Waals surface area contributed by atoms with Crippen molar-refractivity contribution in [1.29, 1.82) is 0 Å². The molecule has 350 valence electrons. The van der Waals surface area contributed by atoms with Crippen LogP contribution in [0.1, 0.15) is 65.2 Å². The predicted octanol–water partition coefficient (Wildman–Crippen LogP) is -14.1. The first-order chi connectivity index (χ1) is 27.5. The fraction of sp³-hybridized carbons (Fsp3) is 0.727. The predicted molar refractivity (Wildman–Crippen MR) is 245 cm³/mol. The molecule has 14 nitrogen and oxygen atoms in total. The molecule has 20 heteroatoms. The number of ether oxygens (including phenoxy) is 2. The number of methoxy groups -OCH3 is 2. The minimum atomic E-state index is 0. The van der Waals surface area contributed by atoms with E-state index in [0.29, 0.717) is 25.0 Å². The van der Waals surface area contributed by atoms with E-state index in [1.54, 1.807) is 14.2 Å². The molecule has 0 N–H and O–H groups in total. The van der Waals surface area contributed by atoms with Crippen LogP contribution < -0.4 is 134 Å². The molecule has 0 amide bonds. The Morgan fingerprint density at radius 3 is 0.781 bits per heavy atom.